The van der Waals surface area contributed by atoms with Crippen molar-refractivity contribution in [2.45, 2.75) is 26.0 Å². The Morgan fingerprint density at radius 3 is 2.15 bits per heavy atom. The van der Waals surface area contributed by atoms with Crippen molar-refractivity contribution in [3.05, 3.63) is 88.5 Å². The maximum absolute atomic E-state index is 13.4. The van der Waals surface area contributed by atoms with Crippen LogP contribution in [0, 0.1) is 6.92 Å². The van der Waals surface area contributed by atoms with Crippen molar-refractivity contribution in [2.75, 3.05) is 41.6 Å². The van der Waals surface area contributed by atoms with Crippen molar-refractivity contribution in [3.8, 4) is 23.0 Å². The Kier molecular flexibility index (Phi) is 9.52. The first-order valence-electron chi connectivity index (χ1n) is 13.2. The summed E-state index contributed by atoms with van der Waals surface area (Å²) in [6, 6.07) is 17.2. The molecule has 0 aromatic heterocycles. The number of aliphatic hydroxyl groups is 1. The lowest BCUT2D eigenvalue weighted by atomic mass is 9.94. The summed E-state index contributed by atoms with van der Waals surface area (Å²) >= 11 is 0. The fourth-order valence-electron chi connectivity index (χ4n) is 4.89. The third kappa shape index (κ3) is 6.15. The highest BCUT2D eigenvalue weighted by atomic mass is 16.5. The summed E-state index contributed by atoms with van der Waals surface area (Å²) in [7, 11) is 6.03. The number of carbonyl (C=O) groups is 2. The van der Waals surface area contributed by atoms with Gasteiger partial charge >= 0.3 is 0 Å². The minimum absolute atomic E-state index is 0.0322. The fourth-order valence-corrected chi connectivity index (χ4v) is 4.89. The SMILES string of the molecule is COCCCN1C(=O)C(=O)/C(=C(/O)c2ccc(OCc3ccccc3C)cc2)C1c1cc(OC)c(OC)c(OC)c1. The van der Waals surface area contributed by atoms with Crippen LogP contribution in [0.3, 0.4) is 0 Å². The molecule has 1 atom stereocenters. The van der Waals surface area contributed by atoms with Crippen LogP contribution in [0.5, 0.6) is 23.0 Å². The van der Waals surface area contributed by atoms with Crippen molar-refractivity contribution in [1.82, 2.24) is 4.90 Å². The van der Waals surface area contributed by atoms with Crippen LogP contribution in [0.4, 0.5) is 0 Å². The molecule has 41 heavy (non-hydrogen) atoms. The van der Waals surface area contributed by atoms with Gasteiger partial charge in [0.25, 0.3) is 11.7 Å². The minimum atomic E-state index is -0.891. The van der Waals surface area contributed by atoms with E-state index in [0.717, 1.165) is 11.1 Å². The van der Waals surface area contributed by atoms with Crippen molar-refractivity contribution in [1.29, 1.82) is 0 Å². The first kappa shape index (κ1) is 29.5. The molecule has 1 heterocycles. The van der Waals surface area contributed by atoms with Gasteiger partial charge in [0.05, 0.1) is 32.9 Å². The zero-order chi connectivity index (χ0) is 29.5. The molecule has 1 aliphatic rings. The summed E-state index contributed by atoms with van der Waals surface area (Å²) in [6.45, 7) is 3.05. The van der Waals surface area contributed by atoms with Gasteiger partial charge in [0.1, 0.15) is 18.1 Å². The molecule has 1 saturated heterocycles. The van der Waals surface area contributed by atoms with E-state index in [2.05, 4.69) is 0 Å². The van der Waals surface area contributed by atoms with Crippen LogP contribution in [0.1, 0.15) is 34.7 Å². The molecule has 3 aromatic carbocycles. The summed E-state index contributed by atoms with van der Waals surface area (Å²) in [4.78, 5) is 28.1. The van der Waals surface area contributed by atoms with E-state index in [0.29, 0.717) is 53.8 Å². The topological polar surface area (TPSA) is 104 Å². The Labute approximate surface area is 239 Å². The molecule has 0 saturated carbocycles. The van der Waals surface area contributed by atoms with Crippen molar-refractivity contribution in [2.24, 2.45) is 0 Å². The van der Waals surface area contributed by atoms with Gasteiger partial charge in [-0.1, -0.05) is 24.3 Å². The number of ketones is 1. The lowest BCUT2D eigenvalue weighted by Crippen LogP contribution is -2.31. The number of hydrogen-bond acceptors (Lipinski definition) is 8. The monoisotopic (exact) mass is 561 g/mol. The molecule has 0 bridgehead atoms. The molecule has 0 aliphatic carbocycles. The smallest absolute Gasteiger partial charge is 0.295 e. The Morgan fingerprint density at radius 2 is 1.56 bits per heavy atom. The van der Waals surface area contributed by atoms with Crippen LogP contribution in [0.2, 0.25) is 0 Å². The highest BCUT2D eigenvalue weighted by molar-refractivity contribution is 6.46. The summed E-state index contributed by atoms with van der Waals surface area (Å²) < 4.78 is 27.6. The highest BCUT2D eigenvalue weighted by Crippen LogP contribution is 2.45. The maximum atomic E-state index is 13.4. The second-order valence-electron chi connectivity index (χ2n) is 9.54. The number of aryl methyl sites for hydroxylation is 1. The third-order valence-electron chi connectivity index (χ3n) is 7.07. The summed E-state index contributed by atoms with van der Waals surface area (Å²) in [5.41, 5.74) is 3.06. The van der Waals surface area contributed by atoms with Gasteiger partial charge in [0.2, 0.25) is 5.75 Å². The molecular weight excluding hydrogens is 526 g/mol. The number of aliphatic hydroxyl groups excluding tert-OH is 1. The predicted octanol–water partition coefficient (Wildman–Crippen LogP) is 5.06. The number of ether oxygens (including phenoxy) is 5. The summed E-state index contributed by atoms with van der Waals surface area (Å²) in [5, 5.41) is 11.4. The van der Waals surface area contributed by atoms with Gasteiger partial charge < -0.3 is 33.7 Å². The molecule has 0 radical (unpaired) electrons. The summed E-state index contributed by atoms with van der Waals surface area (Å²) in [6.07, 6.45) is 0.497. The third-order valence-corrected chi connectivity index (χ3v) is 7.07. The largest absolute Gasteiger partial charge is 0.507 e. The predicted molar refractivity (Wildman–Crippen MR) is 154 cm³/mol. The lowest BCUT2D eigenvalue weighted by Gasteiger charge is -2.26. The lowest BCUT2D eigenvalue weighted by molar-refractivity contribution is -0.140. The summed E-state index contributed by atoms with van der Waals surface area (Å²) in [5.74, 6) is -0.0822. The minimum Gasteiger partial charge on any atom is -0.507 e. The molecule has 1 amide bonds. The number of nitrogens with zero attached hydrogens (tertiary/aromatic N) is 1. The standard InChI is InChI=1S/C32H35NO8/c1-20-9-6-7-10-22(20)19-41-24-13-11-21(12-14-24)29(34)27-28(33(15-8-16-37-2)32(36)30(27)35)23-17-25(38-3)31(40-5)26(18-23)39-4/h6-7,9-14,17-18,28,34H,8,15-16,19H2,1-5H3/b29-27+. The van der Waals surface area contributed by atoms with Crippen molar-refractivity contribution >= 4 is 17.4 Å². The van der Waals surface area contributed by atoms with Crippen LogP contribution in [-0.2, 0) is 20.9 Å². The second kappa shape index (κ2) is 13.2. The van der Waals surface area contributed by atoms with Gasteiger partial charge in [0, 0.05) is 25.8 Å². The highest BCUT2D eigenvalue weighted by Gasteiger charge is 2.46. The van der Waals surface area contributed by atoms with Gasteiger partial charge in [-0.25, -0.2) is 0 Å². The van der Waals surface area contributed by atoms with E-state index in [-0.39, 0.29) is 17.9 Å². The molecule has 3 aromatic rings. The van der Waals surface area contributed by atoms with Crippen LogP contribution in [0.25, 0.3) is 5.76 Å². The normalized spacial score (nSPS) is 16.1. The van der Waals surface area contributed by atoms with Crippen molar-refractivity contribution < 1.29 is 38.4 Å². The van der Waals surface area contributed by atoms with Gasteiger partial charge in [0.15, 0.2) is 11.5 Å². The first-order chi connectivity index (χ1) is 19.8. The quantitative estimate of drug-likeness (QED) is 0.142. The van der Waals surface area contributed by atoms with Gasteiger partial charge in [-0.05, 0) is 66.4 Å². The Hall–Kier alpha value is -4.50. The number of rotatable bonds is 12. The van der Waals surface area contributed by atoms with Gasteiger partial charge in [-0.3, -0.25) is 9.59 Å². The molecule has 9 nitrogen and oxygen atoms in total. The Balaban J connectivity index is 1.73. The van der Waals surface area contributed by atoms with E-state index in [1.807, 2.05) is 31.2 Å². The zero-order valence-electron chi connectivity index (χ0n) is 23.9. The van der Waals surface area contributed by atoms with Gasteiger partial charge in [-0.2, -0.15) is 0 Å². The molecule has 4 rings (SSSR count). The first-order valence-corrected chi connectivity index (χ1v) is 13.2. The van der Waals surface area contributed by atoms with Gasteiger partial charge in [-0.15, -0.1) is 0 Å². The van der Waals surface area contributed by atoms with Crippen LogP contribution >= 0.6 is 0 Å². The molecule has 0 spiro atoms. The van der Waals surface area contributed by atoms with E-state index in [1.54, 1.807) is 43.5 Å². The molecule has 1 fully saturated rings. The van der Waals surface area contributed by atoms with E-state index in [1.165, 1.54) is 26.2 Å². The van der Waals surface area contributed by atoms with E-state index >= 15 is 0 Å². The Bertz CT molecular complexity index is 1400. The number of benzene rings is 3. The molecule has 1 N–H and O–H groups in total. The maximum Gasteiger partial charge on any atom is 0.295 e. The second-order valence-corrected chi connectivity index (χ2v) is 9.54. The zero-order valence-corrected chi connectivity index (χ0v) is 23.9. The number of hydrogen-bond donors (Lipinski definition) is 1. The number of methoxy groups -OCH3 is 4. The molecule has 9 heteroatoms. The molecule has 216 valence electrons. The van der Waals surface area contributed by atoms with E-state index in [4.69, 9.17) is 23.7 Å². The van der Waals surface area contributed by atoms with Crippen LogP contribution in [-0.4, -0.2) is 63.3 Å². The van der Waals surface area contributed by atoms with E-state index in [9.17, 15) is 14.7 Å². The van der Waals surface area contributed by atoms with Crippen molar-refractivity contribution in [3.63, 3.8) is 0 Å². The number of carbonyl (C=O) groups excluding carboxylic acids is 2. The Morgan fingerprint density at radius 1 is 0.902 bits per heavy atom. The molecule has 1 aliphatic heterocycles. The van der Waals surface area contributed by atoms with E-state index < -0.39 is 17.7 Å². The van der Waals surface area contributed by atoms with Crippen LogP contribution in [0.15, 0.2) is 66.2 Å². The average molecular weight is 562 g/mol. The fraction of sp³-hybridized carbons (Fsp3) is 0.312. The number of likely N-dealkylation sites (tertiary alicyclic amines) is 1. The number of Topliss-reactive ketones (excluding diaryl/α,β-unsaturated/α-hetero) is 1. The average Bonchev–Trinajstić information content (AvgIpc) is 3.25. The number of amides is 1. The van der Waals surface area contributed by atoms with Crippen LogP contribution < -0.4 is 18.9 Å². The molecular formula is C32H35NO8. The molecule has 1 unspecified atom stereocenters.